The topological polar surface area (TPSA) is 72.6 Å². The SMILES string of the molecule is CC[C@@H](O)c1ccccc1Oc1ccc([N+](=O)[O-])c(F)c1. The van der Waals surface area contributed by atoms with E-state index in [2.05, 4.69) is 0 Å². The number of nitrogens with zero attached hydrogens (tertiary/aromatic N) is 1. The van der Waals surface area contributed by atoms with Crippen molar-refractivity contribution in [2.75, 3.05) is 0 Å². The van der Waals surface area contributed by atoms with Crippen LogP contribution in [0, 0.1) is 15.9 Å². The lowest BCUT2D eigenvalue weighted by Crippen LogP contribution is -1.99. The summed E-state index contributed by atoms with van der Waals surface area (Å²) in [5, 5.41) is 20.5. The molecule has 0 amide bonds. The lowest BCUT2D eigenvalue weighted by molar-refractivity contribution is -0.387. The van der Waals surface area contributed by atoms with Gasteiger partial charge >= 0.3 is 5.69 Å². The highest BCUT2D eigenvalue weighted by Gasteiger charge is 2.16. The Bertz CT molecular complexity index is 660. The van der Waals surface area contributed by atoms with Crippen LogP contribution < -0.4 is 4.74 Å². The number of hydrogen-bond donors (Lipinski definition) is 1. The van der Waals surface area contributed by atoms with E-state index in [0.717, 1.165) is 12.1 Å². The average molecular weight is 291 g/mol. The van der Waals surface area contributed by atoms with Gasteiger partial charge in [0.25, 0.3) is 0 Å². The molecule has 110 valence electrons. The number of rotatable bonds is 5. The minimum Gasteiger partial charge on any atom is -0.457 e. The third-order valence-electron chi connectivity index (χ3n) is 3.01. The summed E-state index contributed by atoms with van der Waals surface area (Å²) in [6.45, 7) is 1.83. The summed E-state index contributed by atoms with van der Waals surface area (Å²) in [5.74, 6) is -0.444. The number of aliphatic hydroxyl groups is 1. The first-order valence-electron chi connectivity index (χ1n) is 6.41. The summed E-state index contributed by atoms with van der Waals surface area (Å²) in [4.78, 5) is 9.77. The van der Waals surface area contributed by atoms with Gasteiger partial charge in [-0.05, 0) is 18.6 Å². The molecule has 1 N–H and O–H groups in total. The van der Waals surface area contributed by atoms with Crippen molar-refractivity contribution in [1.82, 2.24) is 0 Å². The fraction of sp³-hybridized carbons (Fsp3) is 0.200. The van der Waals surface area contributed by atoms with E-state index in [0.29, 0.717) is 17.7 Å². The monoisotopic (exact) mass is 291 g/mol. The molecular weight excluding hydrogens is 277 g/mol. The van der Waals surface area contributed by atoms with Crippen molar-refractivity contribution in [1.29, 1.82) is 0 Å². The summed E-state index contributed by atoms with van der Waals surface area (Å²) < 4.78 is 19.1. The maximum absolute atomic E-state index is 13.6. The standard InChI is InChI=1S/C15H14FNO4/c1-2-14(18)11-5-3-4-6-15(11)21-10-7-8-13(17(19)20)12(16)9-10/h3-9,14,18H,2H2,1H3/t14-/m1/s1. The van der Waals surface area contributed by atoms with Crippen molar-refractivity contribution in [3.05, 3.63) is 64.0 Å². The summed E-state index contributed by atoms with van der Waals surface area (Å²) in [6.07, 6.45) is -0.182. The third-order valence-corrected chi connectivity index (χ3v) is 3.01. The van der Waals surface area contributed by atoms with Crippen molar-refractivity contribution >= 4 is 5.69 Å². The summed E-state index contributed by atoms with van der Waals surface area (Å²) in [7, 11) is 0. The lowest BCUT2D eigenvalue weighted by Gasteiger charge is -2.14. The Balaban J connectivity index is 2.31. The highest BCUT2D eigenvalue weighted by molar-refractivity contribution is 5.42. The van der Waals surface area contributed by atoms with Crippen LogP contribution in [0.1, 0.15) is 25.0 Å². The van der Waals surface area contributed by atoms with E-state index in [4.69, 9.17) is 4.74 Å². The molecule has 0 aromatic heterocycles. The van der Waals surface area contributed by atoms with Crippen LogP contribution in [0.2, 0.25) is 0 Å². The molecule has 0 unspecified atom stereocenters. The first-order chi connectivity index (χ1) is 10.0. The fourth-order valence-corrected chi connectivity index (χ4v) is 1.89. The van der Waals surface area contributed by atoms with Crippen LogP contribution in [0.3, 0.4) is 0 Å². The van der Waals surface area contributed by atoms with E-state index >= 15 is 0 Å². The highest BCUT2D eigenvalue weighted by Crippen LogP contribution is 2.32. The Morgan fingerprint density at radius 1 is 1.33 bits per heavy atom. The Hall–Kier alpha value is -2.47. The molecule has 0 radical (unpaired) electrons. The molecule has 0 aliphatic rings. The number of halogens is 1. The Morgan fingerprint density at radius 2 is 2.05 bits per heavy atom. The molecule has 5 nitrogen and oxygen atoms in total. The van der Waals surface area contributed by atoms with Crippen molar-refractivity contribution < 1.29 is 19.2 Å². The number of benzene rings is 2. The molecule has 21 heavy (non-hydrogen) atoms. The highest BCUT2D eigenvalue weighted by atomic mass is 19.1. The minimum atomic E-state index is -0.967. The predicted octanol–water partition coefficient (Wildman–Crippen LogP) is 3.97. The van der Waals surface area contributed by atoms with Crippen molar-refractivity contribution in [2.45, 2.75) is 19.4 Å². The van der Waals surface area contributed by atoms with Crippen LogP contribution in [-0.4, -0.2) is 10.0 Å². The van der Waals surface area contributed by atoms with Gasteiger partial charge in [0.2, 0.25) is 5.82 Å². The van der Waals surface area contributed by atoms with E-state index in [1.54, 1.807) is 24.3 Å². The molecule has 6 heteroatoms. The first kappa shape index (κ1) is 14.9. The van der Waals surface area contributed by atoms with E-state index in [9.17, 15) is 19.6 Å². The van der Waals surface area contributed by atoms with Crippen LogP contribution >= 0.6 is 0 Å². The largest absolute Gasteiger partial charge is 0.457 e. The van der Waals surface area contributed by atoms with E-state index in [-0.39, 0.29) is 5.75 Å². The lowest BCUT2D eigenvalue weighted by atomic mass is 10.1. The van der Waals surface area contributed by atoms with Gasteiger partial charge < -0.3 is 9.84 Å². The van der Waals surface area contributed by atoms with Crippen LogP contribution in [-0.2, 0) is 0 Å². The molecular formula is C15H14FNO4. The zero-order valence-electron chi connectivity index (χ0n) is 11.3. The van der Waals surface area contributed by atoms with Crippen molar-refractivity contribution in [3.63, 3.8) is 0 Å². The normalized spacial score (nSPS) is 12.0. The summed E-state index contributed by atoms with van der Waals surface area (Å²) >= 11 is 0. The molecule has 0 aliphatic heterocycles. The first-order valence-corrected chi connectivity index (χ1v) is 6.41. The number of nitro groups is 1. The van der Waals surface area contributed by atoms with E-state index < -0.39 is 22.5 Å². The van der Waals surface area contributed by atoms with Gasteiger partial charge in [0.15, 0.2) is 0 Å². The van der Waals surface area contributed by atoms with Gasteiger partial charge in [-0.3, -0.25) is 10.1 Å². The maximum atomic E-state index is 13.6. The van der Waals surface area contributed by atoms with Crippen molar-refractivity contribution in [3.8, 4) is 11.5 Å². The fourth-order valence-electron chi connectivity index (χ4n) is 1.89. The van der Waals surface area contributed by atoms with Crippen molar-refractivity contribution in [2.24, 2.45) is 0 Å². The Labute approximate surface area is 120 Å². The molecule has 1 atom stereocenters. The molecule has 0 saturated carbocycles. The van der Waals surface area contributed by atoms with Gasteiger partial charge in [-0.15, -0.1) is 0 Å². The van der Waals surface area contributed by atoms with E-state index in [1.165, 1.54) is 6.07 Å². The molecule has 0 fully saturated rings. The van der Waals surface area contributed by atoms with Gasteiger partial charge in [-0.25, -0.2) is 0 Å². The van der Waals surface area contributed by atoms with Crippen LogP contribution in [0.5, 0.6) is 11.5 Å². The Morgan fingerprint density at radius 3 is 2.67 bits per heavy atom. The molecule has 2 rings (SSSR count). The zero-order chi connectivity index (χ0) is 15.4. The minimum absolute atomic E-state index is 0.133. The van der Waals surface area contributed by atoms with Gasteiger partial charge in [-0.2, -0.15) is 4.39 Å². The quantitative estimate of drug-likeness (QED) is 0.668. The molecule has 2 aromatic carbocycles. The summed E-state index contributed by atoms with van der Waals surface area (Å²) in [6, 6.07) is 10.2. The second-order valence-corrected chi connectivity index (χ2v) is 4.43. The molecule has 0 spiro atoms. The zero-order valence-corrected chi connectivity index (χ0v) is 11.3. The third kappa shape index (κ3) is 3.35. The van der Waals surface area contributed by atoms with Crippen LogP contribution in [0.15, 0.2) is 42.5 Å². The van der Waals surface area contributed by atoms with E-state index in [1.807, 2.05) is 6.92 Å². The molecule has 0 saturated heterocycles. The maximum Gasteiger partial charge on any atom is 0.305 e. The number of ether oxygens (including phenoxy) is 1. The molecule has 2 aromatic rings. The van der Waals surface area contributed by atoms with Gasteiger partial charge in [0.1, 0.15) is 11.5 Å². The number of nitro benzene ring substituents is 1. The molecule has 0 bridgehead atoms. The second kappa shape index (κ2) is 6.32. The molecule has 0 aliphatic carbocycles. The Kier molecular flexibility index (Phi) is 4.49. The predicted molar refractivity (Wildman–Crippen MR) is 74.8 cm³/mol. The second-order valence-electron chi connectivity index (χ2n) is 4.43. The molecule has 0 heterocycles. The van der Waals surface area contributed by atoms with Gasteiger partial charge in [-0.1, -0.05) is 25.1 Å². The van der Waals surface area contributed by atoms with Crippen LogP contribution in [0.4, 0.5) is 10.1 Å². The average Bonchev–Trinajstić information content (AvgIpc) is 2.46. The summed E-state index contributed by atoms with van der Waals surface area (Å²) in [5.41, 5.74) is -0.0250. The number of para-hydroxylation sites is 1. The van der Waals surface area contributed by atoms with Gasteiger partial charge in [0.05, 0.1) is 11.0 Å². The number of aliphatic hydroxyl groups excluding tert-OH is 1. The smallest absolute Gasteiger partial charge is 0.305 e. The van der Waals surface area contributed by atoms with Gasteiger partial charge in [0, 0.05) is 17.7 Å². The van der Waals surface area contributed by atoms with Crippen LogP contribution in [0.25, 0.3) is 0 Å². The number of hydrogen-bond acceptors (Lipinski definition) is 4.